The van der Waals surface area contributed by atoms with Crippen LogP contribution < -0.4 is 10.5 Å². The number of thiophene rings is 1. The van der Waals surface area contributed by atoms with Gasteiger partial charge in [-0.3, -0.25) is 4.79 Å². The number of hydrogen-bond donors (Lipinski definition) is 1. The number of fused-ring (bicyclic) bond motifs is 1. The summed E-state index contributed by atoms with van der Waals surface area (Å²) in [5, 5.41) is 0.990. The quantitative estimate of drug-likeness (QED) is 0.408. The molecule has 0 radical (unpaired) electrons. The van der Waals surface area contributed by atoms with Crippen molar-refractivity contribution in [2.24, 2.45) is 5.73 Å². The van der Waals surface area contributed by atoms with Gasteiger partial charge in [-0.2, -0.15) is 13.2 Å². The summed E-state index contributed by atoms with van der Waals surface area (Å²) in [6.45, 7) is 0.154. The Bertz CT molecular complexity index is 1230. The fourth-order valence-electron chi connectivity index (χ4n) is 3.17. The minimum absolute atomic E-state index is 0.154. The maximum atomic E-state index is 12.9. The fourth-order valence-corrected chi connectivity index (χ4v) is 4.28. The number of benzene rings is 3. The lowest BCUT2D eigenvalue weighted by molar-refractivity contribution is -0.137. The molecule has 0 aliphatic rings. The molecular formula is C23H16F3NO2S. The SMILES string of the molecule is NC(=O)c1cccc(-c2cccc3cc(COc4cccc(C(F)(F)F)c4)sc23)c1. The van der Waals surface area contributed by atoms with Gasteiger partial charge in [0.25, 0.3) is 0 Å². The van der Waals surface area contributed by atoms with Crippen LogP contribution in [0.3, 0.4) is 0 Å². The van der Waals surface area contributed by atoms with Crippen molar-refractivity contribution < 1.29 is 22.7 Å². The van der Waals surface area contributed by atoms with E-state index < -0.39 is 17.6 Å². The van der Waals surface area contributed by atoms with Crippen molar-refractivity contribution in [3.8, 4) is 16.9 Å². The topological polar surface area (TPSA) is 52.3 Å². The summed E-state index contributed by atoms with van der Waals surface area (Å²) in [5.74, 6) is -0.331. The van der Waals surface area contributed by atoms with E-state index in [4.69, 9.17) is 10.5 Å². The third kappa shape index (κ3) is 4.16. The number of carbonyl (C=O) groups excluding carboxylic acids is 1. The van der Waals surface area contributed by atoms with Gasteiger partial charge >= 0.3 is 6.18 Å². The van der Waals surface area contributed by atoms with Crippen LogP contribution in [-0.4, -0.2) is 5.91 Å². The Labute approximate surface area is 174 Å². The molecular weight excluding hydrogens is 411 g/mol. The largest absolute Gasteiger partial charge is 0.488 e. The van der Waals surface area contributed by atoms with E-state index in [0.29, 0.717) is 5.56 Å². The fraction of sp³-hybridized carbons (Fsp3) is 0.0870. The van der Waals surface area contributed by atoms with Crippen LogP contribution in [0.4, 0.5) is 13.2 Å². The van der Waals surface area contributed by atoms with Crippen LogP contribution in [0.5, 0.6) is 5.75 Å². The molecule has 0 saturated carbocycles. The van der Waals surface area contributed by atoms with Crippen molar-refractivity contribution in [3.63, 3.8) is 0 Å². The monoisotopic (exact) mass is 427 g/mol. The summed E-state index contributed by atoms with van der Waals surface area (Å²) < 4.78 is 45.2. The molecule has 152 valence electrons. The predicted molar refractivity (Wildman–Crippen MR) is 112 cm³/mol. The van der Waals surface area contributed by atoms with Gasteiger partial charge in [0.1, 0.15) is 12.4 Å². The Morgan fingerprint density at radius 2 is 1.73 bits per heavy atom. The maximum Gasteiger partial charge on any atom is 0.416 e. The number of amides is 1. The van der Waals surface area contributed by atoms with Gasteiger partial charge in [-0.25, -0.2) is 0 Å². The number of hydrogen-bond acceptors (Lipinski definition) is 3. The molecule has 4 aromatic rings. The third-order valence-electron chi connectivity index (χ3n) is 4.60. The second-order valence-electron chi connectivity index (χ2n) is 6.70. The first-order valence-electron chi connectivity index (χ1n) is 9.03. The molecule has 7 heteroatoms. The van der Waals surface area contributed by atoms with Crippen LogP contribution in [0.2, 0.25) is 0 Å². The Balaban J connectivity index is 1.61. The number of carbonyl (C=O) groups is 1. The lowest BCUT2D eigenvalue weighted by atomic mass is 10.0. The Morgan fingerprint density at radius 1 is 0.967 bits per heavy atom. The van der Waals surface area contributed by atoms with Crippen molar-refractivity contribution in [2.75, 3.05) is 0 Å². The zero-order valence-corrected chi connectivity index (χ0v) is 16.4. The molecule has 1 heterocycles. The Hall–Kier alpha value is -3.32. The summed E-state index contributed by atoms with van der Waals surface area (Å²) in [5.41, 5.74) is 6.88. The normalized spacial score (nSPS) is 11.6. The highest BCUT2D eigenvalue weighted by Gasteiger charge is 2.30. The van der Waals surface area contributed by atoms with Gasteiger partial charge in [-0.15, -0.1) is 11.3 Å². The van der Waals surface area contributed by atoms with E-state index in [0.717, 1.165) is 38.2 Å². The molecule has 0 aliphatic heterocycles. The molecule has 1 amide bonds. The first kappa shape index (κ1) is 20.0. The maximum absolute atomic E-state index is 12.9. The second kappa shape index (κ2) is 7.84. The average Bonchev–Trinajstić information content (AvgIpc) is 3.15. The molecule has 0 fully saturated rings. The molecule has 0 bridgehead atoms. The van der Waals surface area contributed by atoms with E-state index in [1.54, 1.807) is 18.2 Å². The predicted octanol–water partition coefficient (Wildman–Crippen LogP) is 6.27. The summed E-state index contributed by atoms with van der Waals surface area (Å²) in [6, 6.07) is 19.7. The van der Waals surface area contributed by atoms with Gasteiger partial charge in [-0.1, -0.05) is 36.4 Å². The standard InChI is InChI=1S/C23H16F3NO2S/c24-23(25,26)17-7-3-8-18(12-17)29-13-19-11-15-5-2-9-20(21(15)30-19)14-4-1-6-16(10-14)22(27)28/h1-12H,13H2,(H2,27,28). The van der Waals surface area contributed by atoms with Crippen LogP contribution in [0, 0.1) is 0 Å². The van der Waals surface area contributed by atoms with Crippen LogP contribution in [0.1, 0.15) is 20.8 Å². The lowest BCUT2D eigenvalue weighted by Gasteiger charge is -2.09. The Morgan fingerprint density at radius 3 is 2.50 bits per heavy atom. The van der Waals surface area contributed by atoms with E-state index in [9.17, 15) is 18.0 Å². The zero-order chi connectivity index (χ0) is 21.3. The van der Waals surface area contributed by atoms with Crippen molar-refractivity contribution >= 4 is 27.3 Å². The molecule has 2 N–H and O–H groups in total. The molecule has 0 spiro atoms. The number of ether oxygens (including phenoxy) is 1. The van der Waals surface area contributed by atoms with E-state index in [2.05, 4.69) is 0 Å². The minimum atomic E-state index is -4.41. The Kier molecular flexibility index (Phi) is 5.22. The summed E-state index contributed by atoms with van der Waals surface area (Å²) in [6.07, 6.45) is -4.41. The summed E-state index contributed by atoms with van der Waals surface area (Å²) in [4.78, 5) is 12.4. The van der Waals surface area contributed by atoms with Crippen molar-refractivity contribution in [1.82, 2.24) is 0 Å². The molecule has 3 nitrogen and oxygen atoms in total. The number of primary amides is 1. The van der Waals surface area contributed by atoms with E-state index in [1.165, 1.54) is 23.5 Å². The smallest absolute Gasteiger partial charge is 0.416 e. The first-order valence-corrected chi connectivity index (χ1v) is 9.84. The van der Waals surface area contributed by atoms with Crippen LogP contribution in [0.25, 0.3) is 21.2 Å². The molecule has 0 aliphatic carbocycles. The van der Waals surface area contributed by atoms with Gasteiger partial charge in [0.05, 0.1) is 5.56 Å². The van der Waals surface area contributed by atoms with Crippen molar-refractivity contribution in [1.29, 1.82) is 0 Å². The van der Waals surface area contributed by atoms with Crippen molar-refractivity contribution in [2.45, 2.75) is 12.8 Å². The third-order valence-corrected chi connectivity index (χ3v) is 5.75. The molecule has 0 saturated heterocycles. The van der Waals surface area contributed by atoms with E-state index >= 15 is 0 Å². The lowest BCUT2D eigenvalue weighted by Crippen LogP contribution is -2.10. The number of rotatable bonds is 5. The number of alkyl halides is 3. The van der Waals surface area contributed by atoms with Crippen LogP contribution >= 0.6 is 11.3 Å². The zero-order valence-electron chi connectivity index (χ0n) is 15.6. The van der Waals surface area contributed by atoms with E-state index in [1.807, 2.05) is 30.3 Å². The van der Waals surface area contributed by atoms with Gasteiger partial charge in [-0.05, 0) is 52.9 Å². The molecule has 0 atom stereocenters. The molecule has 3 aromatic carbocycles. The van der Waals surface area contributed by atoms with Gasteiger partial charge in [0.2, 0.25) is 5.91 Å². The number of nitrogens with two attached hydrogens (primary N) is 1. The van der Waals surface area contributed by atoms with Gasteiger partial charge in [0, 0.05) is 15.1 Å². The highest BCUT2D eigenvalue weighted by Crippen LogP contribution is 2.36. The van der Waals surface area contributed by atoms with Crippen LogP contribution in [-0.2, 0) is 12.8 Å². The van der Waals surface area contributed by atoms with Gasteiger partial charge in [0.15, 0.2) is 0 Å². The molecule has 4 rings (SSSR count). The highest BCUT2D eigenvalue weighted by molar-refractivity contribution is 7.19. The summed E-state index contributed by atoms with van der Waals surface area (Å²) >= 11 is 1.50. The van der Waals surface area contributed by atoms with E-state index in [-0.39, 0.29) is 12.4 Å². The summed E-state index contributed by atoms with van der Waals surface area (Å²) in [7, 11) is 0. The average molecular weight is 427 g/mol. The van der Waals surface area contributed by atoms with Gasteiger partial charge < -0.3 is 10.5 Å². The molecule has 1 aromatic heterocycles. The molecule has 30 heavy (non-hydrogen) atoms. The first-order chi connectivity index (χ1) is 14.3. The highest BCUT2D eigenvalue weighted by atomic mass is 32.1. The molecule has 0 unspecified atom stereocenters. The number of halogens is 3. The minimum Gasteiger partial charge on any atom is -0.488 e. The van der Waals surface area contributed by atoms with Crippen molar-refractivity contribution in [3.05, 3.63) is 88.8 Å². The van der Waals surface area contributed by atoms with Crippen LogP contribution in [0.15, 0.2) is 72.8 Å². The second-order valence-corrected chi connectivity index (χ2v) is 7.83.